The van der Waals surface area contributed by atoms with E-state index in [0.717, 1.165) is 35.3 Å². The topological polar surface area (TPSA) is 66.8 Å². The molecule has 34 heavy (non-hydrogen) atoms. The molecule has 2 N–H and O–H groups in total. The molecule has 0 heterocycles. The Bertz CT molecular complexity index is 1080. The van der Waals surface area contributed by atoms with Gasteiger partial charge in [0.25, 0.3) is 0 Å². The number of rotatable bonds is 8. The van der Waals surface area contributed by atoms with Crippen molar-refractivity contribution in [1.29, 1.82) is 0 Å². The van der Waals surface area contributed by atoms with E-state index in [1.807, 2.05) is 18.2 Å². The van der Waals surface area contributed by atoms with Gasteiger partial charge in [0.15, 0.2) is 0 Å². The van der Waals surface area contributed by atoms with E-state index in [9.17, 15) is 9.90 Å². The minimum absolute atomic E-state index is 0.0808. The number of benzene rings is 2. The van der Waals surface area contributed by atoms with Crippen molar-refractivity contribution in [2.24, 2.45) is 0 Å². The summed E-state index contributed by atoms with van der Waals surface area (Å²) < 4.78 is 6.39. The molecule has 0 bridgehead atoms. The first-order chi connectivity index (χ1) is 15.7. The quantitative estimate of drug-likeness (QED) is 0.237. The van der Waals surface area contributed by atoms with Crippen LogP contribution in [0.25, 0.3) is 17.2 Å². The van der Waals surface area contributed by atoms with Crippen LogP contribution < -0.4 is 4.74 Å². The molecule has 0 unspecified atom stereocenters. The van der Waals surface area contributed by atoms with Gasteiger partial charge in [0.05, 0.1) is 6.61 Å². The smallest absolute Gasteiger partial charge is 0.328 e. The van der Waals surface area contributed by atoms with Crippen LogP contribution in [-0.2, 0) is 15.6 Å². The fourth-order valence-corrected chi connectivity index (χ4v) is 3.64. The Morgan fingerprint density at radius 1 is 1.00 bits per heavy atom. The predicted octanol–water partition coefficient (Wildman–Crippen LogP) is 7.88. The van der Waals surface area contributed by atoms with Gasteiger partial charge in [-0.25, -0.2) is 4.79 Å². The zero-order chi connectivity index (χ0) is 25.7. The lowest BCUT2D eigenvalue weighted by Gasteiger charge is -2.29. The lowest BCUT2D eigenvalue weighted by atomic mass is 9.78. The van der Waals surface area contributed by atoms with Gasteiger partial charge in [-0.3, -0.25) is 0 Å². The highest BCUT2D eigenvalue weighted by Gasteiger charge is 2.27. The second kappa shape index (κ2) is 10.9. The summed E-state index contributed by atoms with van der Waals surface area (Å²) >= 11 is 0. The van der Waals surface area contributed by atoms with Gasteiger partial charge < -0.3 is 14.9 Å². The highest BCUT2D eigenvalue weighted by molar-refractivity contribution is 5.82. The van der Waals surface area contributed by atoms with Gasteiger partial charge in [-0.05, 0) is 59.1 Å². The second-order valence-corrected chi connectivity index (χ2v) is 10.9. The Balaban J connectivity index is 2.77. The summed E-state index contributed by atoms with van der Waals surface area (Å²) in [4.78, 5) is 10.9. The van der Waals surface area contributed by atoms with Crippen molar-refractivity contribution in [3.63, 3.8) is 0 Å². The zero-order valence-corrected chi connectivity index (χ0v) is 22.0. The van der Waals surface area contributed by atoms with Gasteiger partial charge in [-0.2, -0.15) is 0 Å². The largest absolute Gasteiger partial charge is 0.507 e. The van der Waals surface area contributed by atoms with Gasteiger partial charge in [-0.1, -0.05) is 79.2 Å². The van der Waals surface area contributed by atoms with Crippen LogP contribution in [0.1, 0.15) is 84.9 Å². The van der Waals surface area contributed by atoms with Gasteiger partial charge >= 0.3 is 5.97 Å². The molecule has 2 aromatic rings. The van der Waals surface area contributed by atoms with Crippen LogP contribution in [0.5, 0.6) is 11.5 Å². The van der Waals surface area contributed by atoms with Crippen LogP contribution in [0.4, 0.5) is 0 Å². The number of aromatic hydroxyl groups is 1. The molecule has 0 saturated heterocycles. The predicted molar refractivity (Wildman–Crippen MR) is 142 cm³/mol. The molecule has 4 heteroatoms. The molecular weight excluding hydrogens is 424 g/mol. The van der Waals surface area contributed by atoms with Crippen LogP contribution in [0.2, 0.25) is 0 Å². The first-order valence-corrected chi connectivity index (χ1v) is 12.0. The molecule has 0 spiro atoms. The normalized spacial score (nSPS) is 12.9. The summed E-state index contributed by atoms with van der Waals surface area (Å²) in [5.41, 5.74) is 5.14. The van der Waals surface area contributed by atoms with E-state index in [2.05, 4.69) is 60.6 Å². The Kier molecular flexibility index (Phi) is 8.77. The highest BCUT2D eigenvalue weighted by atomic mass is 16.5. The highest BCUT2D eigenvalue weighted by Crippen LogP contribution is 2.45. The summed E-state index contributed by atoms with van der Waals surface area (Å²) in [6.45, 7) is 17.6. The Hall–Kier alpha value is -3.01. The second-order valence-electron chi connectivity index (χ2n) is 10.9. The van der Waals surface area contributed by atoms with Gasteiger partial charge in [-0.15, -0.1) is 0 Å². The molecule has 2 rings (SSSR count). The van der Waals surface area contributed by atoms with Crippen molar-refractivity contribution in [3.8, 4) is 22.6 Å². The third-order valence-corrected chi connectivity index (χ3v) is 5.71. The number of unbranched alkanes of at least 4 members (excludes halogenated alkanes) is 1. The van der Waals surface area contributed by atoms with Crippen molar-refractivity contribution in [2.75, 3.05) is 6.61 Å². The number of hydrogen-bond acceptors (Lipinski definition) is 3. The molecule has 0 atom stereocenters. The first kappa shape index (κ1) is 27.2. The number of hydrogen-bond donors (Lipinski definition) is 2. The Morgan fingerprint density at radius 3 is 2.24 bits per heavy atom. The Labute approximate surface area is 205 Å². The maximum absolute atomic E-state index is 10.9. The molecule has 0 saturated carbocycles. The summed E-state index contributed by atoms with van der Waals surface area (Å²) in [5, 5.41) is 19.9. The molecule has 0 aliphatic heterocycles. The molecule has 0 aromatic heterocycles. The van der Waals surface area contributed by atoms with E-state index in [1.165, 1.54) is 11.6 Å². The standard InChI is InChI=1S/C30H40O4/c1-9-10-15-34-28-24(18-22(29(3,4)5)19-25(28)30(6,7)8)23-17-21(13-14-26(23)31)12-11-20(2)16-27(32)33/h11-14,16-19,31H,9-10,15H2,1-8H3,(H,32,33). The number of aliphatic carboxylic acids is 1. The van der Waals surface area contributed by atoms with Crippen LogP contribution >= 0.6 is 0 Å². The number of ether oxygens (including phenoxy) is 1. The van der Waals surface area contributed by atoms with E-state index in [0.29, 0.717) is 17.7 Å². The molecular formula is C30H40O4. The van der Waals surface area contributed by atoms with Crippen LogP contribution in [0.3, 0.4) is 0 Å². The average Bonchev–Trinajstić information content (AvgIpc) is 2.71. The number of carboxylic acid groups (broad SMARTS) is 1. The molecule has 184 valence electrons. The van der Waals surface area contributed by atoms with Crippen LogP contribution in [0, 0.1) is 0 Å². The van der Waals surface area contributed by atoms with E-state index >= 15 is 0 Å². The van der Waals surface area contributed by atoms with Gasteiger partial charge in [0.1, 0.15) is 11.5 Å². The fraction of sp³-hybridized carbons (Fsp3) is 0.433. The van der Waals surface area contributed by atoms with E-state index in [-0.39, 0.29) is 16.6 Å². The minimum atomic E-state index is -0.976. The molecule has 2 aromatic carbocycles. The lowest BCUT2D eigenvalue weighted by molar-refractivity contribution is -0.131. The van der Waals surface area contributed by atoms with Crippen molar-refractivity contribution < 1.29 is 19.7 Å². The number of carbonyl (C=O) groups is 1. The molecule has 0 aliphatic carbocycles. The SMILES string of the molecule is CCCCOc1c(-c2cc(C=CC(C)=CC(=O)O)ccc2O)cc(C(C)(C)C)cc1C(C)(C)C. The number of allylic oxidation sites excluding steroid dienone is 2. The Morgan fingerprint density at radius 2 is 1.68 bits per heavy atom. The van der Waals surface area contributed by atoms with Crippen LogP contribution in [-0.4, -0.2) is 22.8 Å². The molecule has 0 amide bonds. The molecule has 0 fully saturated rings. The van der Waals surface area contributed by atoms with E-state index in [4.69, 9.17) is 9.84 Å². The maximum Gasteiger partial charge on any atom is 0.328 e. The summed E-state index contributed by atoms with van der Waals surface area (Å²) in [5.74, 6) is 0.0182. The van der Waals surface area contributed by atoms with Crippen molar-refractivity contribution in [3.05, 3.63) is 64.7 Å². The van der Waals surface area contributed by atoms with Crippen molar-refractivity contribution >= 4 is 12.0 Å². The molecule has 0 aliphatic rings. The number of phenolic OH excluding ortho intramolecular Hbond substituents is 1. The number of carboxylic acids is 1. The van der Waals surface area contributed by atoms with Gasteiger partial charge in [0.2, 0.25) is 0 Å². The summed E-state index contributed by atoms with van der Waals surface area (Å²) in [6.07, 6.45) is 6.77. The third-order valence-electron chi connectivity index (χ3n) is 5.71. The number of phenols is 1. The third kappa shape index (κ3) is 7.24. The summed E-state index contributed by atoms with van der Waals surface area (Å²) in [7, 11) is 0. The lowest BCUT2D eigenvalue weighted by Crippen LogP contribution is -2.19. The average molecular weight is 465 g/mol. The van der Waals surface area contributed by atoms with E-state index in [1.54, 1.807) is 19.1 Å². The zero-order valence-electron chi connectivity index (χ0n) is 22.0. The van der Waals surface area contributed by atoms with Crippen molar-refractivity contribution in [1.82, 2.24) is 0 Å². The first-order valence-electron chi connectivity index (χ1n) is 12.0. The van der Waals surface area contributed by atoms with E-state index < -0.39 is 5.97 Å². The van der Waals surface area contributed by atoms with Crippen LogP contribution in [0.15, 0.2) is 48.1 Å². The van der Waals surface area contributed by atoms with Gasteiger partial charge in [0, 0.05) is 22.8 Å². The fourth-order valence-electron chi connectivity index (χ4n) is 3.64. The minimum Gasteiger partial charge on any atom is -0.507 e. The maximum atomic E-state index is 10.9. The monoisotopic (exact) mass is 464 g/mol. The molecule has 0 radical (unpaired) electrons. The summed E-state index contributed by atoms with van der Waals surface area (Å²) in [6, 6.07) is 9.81. The molecule has 4 nitrogen and oxygen atoms in total. The van der Waals surface area contributed by atoms with Crippen molar-refractivity contribution in [2.45, 2.75) is 79.1 Å².